The number of halogens is 3. The molecule has 0 unspecified atom stereocenters. The molecule has 2 aromatic heterocycles. The molecule has 1 aromatic carbocycles. The number of nitriles is 1. The van der Waals surface area contributed by atoms with Crippen LogP contribution in [0.15, 0.2) is 41.4 Å². The summed E-state index contributed by atoms with van der Waals surface area (Å²) >= 11 is 2.04. The quantitative estimate of drug-likeness (QED) is 0.293. The number of thiophene rings is 1. The maximum absolute atomic E-state index is 13.7. The summed E-state index contributed by atoms with van der Waals surface area (Å²) in [6.45, 7) is 1.88. The van der Waals surface area contributed by atoms with Gasteiger partial charge in [0, 0.05) is 10.4 Å². The van der Waals surface area contributed by atoms with Crippen LogP contribution in [0.5, 0.6) is 0 Å². The maximum Gasteiger partial charge on any atom is 0.417 e. The number of carbonyl (C=O) groups is 2. The number of anilines is 1. The number of pyridine rings is 1. The largest absolute Gasteiger partial charge is 0.462 e. The topological polar surface area (TPSA) is 92.1 Å². The lowest BCUT2D eigenvalue weighted by Crippen LogP contribution is -2.17. The van der Waals surface area contributed by atoms with Crippen LogP contribution in [0.1, 0.15) is 45.3 Å². The fourth-order valence-corrected chi connectivity index (χ4v) is 6.02. The summed E-state index contributed by atoms with van der Waals surface area (Å²) in [7, 11) is 0. The van der Waals surface area contributed by atoms with E-state index >= 15 is 0 Å². The van der Waals surface area contributed by atoms with Crippen molar-refractivity contribution in [1.82, 2.24) is 4.98 Å². The number of aromatic nitrogens is 1. The van der Waals surface area contributed by atoms with Crippen molar-refractivity contribution in [3.05, 3.63) is 63.5 Å². The second-order valence-corrected chi connectivity index (χ2v) is 9.90. The molecule has 3 aromatic rings. The van der Waals surface area contributed by atoms with Crippen LogP contribution in [-0.2, 0) is 28.5 Å². The van der Waals surface area contributed by atoms with Gasteiger partial charge in [0.15, 0.2) is 0 Å². The van der Waals surface area contributed by atoms with Crippen LogP contribution in [0.2, 0.25) is 0 Å². The SMILES string of the molecule is CCOC(=O)c1c(NC(=O)CSc2nc(-c3ccccc3)cc(C(F)(F)F)c2C#N)sc2c1CCC2. The summed E-state index contributed by atoms with van der Waals surface area (Å²) in [5, 5.41) is 12.4. The van der Waals surface area contributed by atoms with Crippen LogP contribution in [0.4, 0.5) is 18.2 Å². The van der Waals surface area contributed by atoms with Crippen LogP contribution in [-0.4, -0.2) is 29.2 Å². The molecule has 1 aliphatic rings. The second-order valence-electron chi connectivity index (χ2n) is 7.83. The molecule has 1 N–H and O–H groups in total. The van der Waals surface area contributed by atoms with Gasteiger partial charge < -0.3 is 10.1 Å². The Hall–Kier alpha value is -3.36. The highest BCUT2D eigenvalue weighted by atomic mass is 32.2. The number of carbonyl (C=O) groups excluding carboxylic acids is 2. The first-order valence-corrected chi connectivity index (χ1v) is 12.8. The fourth-order valence-electron chi connectivity index (χ4n) is 3.92. The van der Waals surface area contributed by atoms with Crippen molar-refractivity contribution in [3.63, 3.8) is 0 Å². The highest BCUT2D eigenvalue weighted by Crippen LogP contribution is 2.40. The third-order valence-corrected chi connectivity index (χ3v) is 7.65. The normalized spacial score (nSPS) is 12.6. The van der Waals surface area contributed by atoms with Crippen LogP contribution in [0.3, 0.4) is 0 Å². The van der Waals surface area contributed by atoms with Gasteiger partial charge >= 0.3 is 12.1 Å². The van der Waals surface area contributed by atoms with E-state index in [-0.39, 0.29) is 23.1 Å². The molecule has 0 fully saturated rings. The number of nitrogens with zero attached hydrogens (tertiary/aromatic N) is 2. The van der Waals surface area contributed by atoms with Crippen molar-refractivity contribution in [2.24, 2.45) is 0 Å². The Labute approximate surface area is 213 Å². The van der Waals surface area contributed by atoms with E-state index in [0.29, 0.717) is 22.5 Å². The molecule has 0 radical (unpaired) electrons. The van der Waals surface area contributed by atoms with Crippen molar-refractivity contribution in [2.75, 3.05) is 17.7 Å². The second kappa shape index (κ2) is 10.7. The predicted molar refractivity (Wildman–Crippen MR) is 131 cm³/mol. The predicted octanol–water partition coefficient (Wildman–Crippen LogP) is 6.10. The monoisotopic (exact) mass is 531 g/mol. The molecule has 0 saturated heterocycles. The minimum Gasteiger partial charge on any atom is -0.462 e. The van der Waals surface area contributed by atoms with E-state index < -0.39 is 29.2 Å². The van der Waals surface area contributed by atoms with Gasteiger partial charge in [-0.25, -0.2) is 9.78 Å². The van der Waals surface area contributed by atoms with Crippen LogP contribution < -0.4 is 5.32 Å². The van der Waals surface area contributed by atoms with E-state index in [1.165, 1.54) is 11.3 Å². The lowest BCUT2D eigenvalue weighted by atomic mass is 10.1. The molecular formula is C25H20F3N3O3S2. The highest BCUT2D eigenvalue weighted by Gasteiger charge is 2.36. The standard InChI is InChI=1S/C25H20F3N3O3S2/c1-2-34-24(33)21-15-9-6-10-19(15)36-23(21)31-20(32)13-35-22-16(12-29)17(25(26,27)28)11-18(30-22)14-7-4-3-5-8-14/h3-5,7-8,11H,2,6,9-10,13H2,1H3,(H,31,32). The number of hydrogen-bond acceptors (Lipinski definition) is 7. The van der Waals surface area contributed by atoms with Crippen LogP contribution in [0, 0.1) is 11.3 Å². The number of aryl methyl sites for hydroxylation is 1. The summed E-state index contributed by atoms with van der Waals surface area (Å²) in [6.07, 6.45) is -2.34. The first-order valence-electron chi connectivity index (χ1n) is 11.0. The number of nitrogens with one attached hydrogen (secondary N) is 1. The smallest absolute Gasteiger partial charge is 0.417 e. The van der Waals surface area contributed by atoms with Crippen LogP contribution in [0.25, 0.3) is 11.3 Å². The molecule has 0 aliphatic heterocycles. The van der Waals surface area contributed by atoms with E-state index in [1.54, 1.807) is 43.3 Å². The zero-order valence-corrected chi connectivity index (χ0v) is 20.7. The highest BCUT2D eigenvalue weighted by molar-refractivity contribution is 8.00. The van der Waals surface area contributed by atoms with Crippen molar-refractivity contribution < 1.29 is 27.5 Å². The number of esters is 1. The molecule has 4 rings (SSSR count). The first kappa shape index (κ1) is 25.7. The maximum atomic E-state index is 13.7. The van der Waals surface area contributed by atoms with Crippen LogP contribution >= 0.6 is 23.1 Å². The van der Waals surface area contributed by atoms with Crippen molar-refractivity contribution in [1.29, 1.82) is 5.26 Å². The average Bonchev–Trinajstić information content (AvgIpc) is 3.43. The summed E-state index contributed by atoms with van der Waals surface area (Å²) in [5.74, 6) is -1.35. The van der Waals surface area contributed by atoms with Gasteiger partial charge in [-0.15, -0.1) is 11.3 Å². The van der Waals surface area contributed by atoms with Gasteiger partial charge in [-0.2, -0.15) is 18.4 Å². The molecule has 1 amide bonds. The molecule has 6 nitrogen and oxygen atoms in total. The van der Waals surface area contributed by atoms with E-state index in [1.807, 2.05) is 0 Å². The van der Waals surface area contributed by atoms with Gasteiger partial charge in [-0.1, -0.05) is 42.1 Å². The third kappa shape index (κ3) is 5.39. The summed E-state index contributed by atoms with van der Waals surface area (Å²) < 4.78 is 46.4. The number of benzene rings is 1. The summed E-state index contributed by atoms with van der Waals surface area (Å²) in [4.78, 5) is 30.6. The number of amides is 1. The molecule has 0 saturated carbocycles. The Morgan fingerprint density at radius 2 is 2.00 bits per heavy atom. The van der Waals surface area contributed by atoms with Gasteiger partial charge in [-0.05, 0) is 37.8 Å². The molecule has 36 heavy (non-hydrogen) atoms. The Balaban J connectivity index is 1.60. The van der Waals surface area contributed by atoms with Gasteiger partial charge in [0.1, 0.15) is 16.1 Å². The van der Waals surface area contributed by atoms with E-state index in [4.69, 9.17) is 4.74 Å². The zero-order chi connectivity index (χ0) is 25.9. The minimum atomic E-state index is -4.78. The number of hydrogen-bond donors (Lipinski definition) is 1. The van der Waals surface area contributed by atoms with Gasteiger partial charge in [0.25, 0.3) is 0 Å². The van der Waals surface area contributed by atoms with Gasteiger partial charge in [-0.3, -0.25) is 4.79 Å². The lowest BCUT2D eigenvalue weighted by molar-refractivity contribution is -0.138. The molecule has 11 heteroatoms. The average molecular weight is 532 g/mol. The lowest BCUT2D eigenvalue weighted by Gasteiger charge is -2.14. The number of ether oxygens (including phenoxy) is 1. The third-order valence-electron chi connectivity index (χ3n) is 5.47. The molecule has 0 spiro atoms. The molecule has 0 atom stereocenters. The van der Waals surface area contributed by atoms with Gasteiger partial charge in [0.05, 0.1) is 34.7 Å². The van der Waals surface area contributed by atoms with E-state index in [9.17, 15) is 28.0 Å². The molecular weight excluding hydrogens is 511 g/mol. The summed E-state index contributed by atoms with van der Waals surface area (Å²) in [5.41, 5.74) is -0.0346. The Morgan fingerprint density at radius 3 is 2.67 bits per heavy atom. The van der Waals surface area contributed by atoms with Crippen molar-refractivity contribution in [2.45, 2.75) is 37.4 Å². The first-order chi connectivity index (χ1) is 17.2. The molecule has 1 aliphatic carbocycles. The number of fused-ring (bicyclic) bond motifs is 1. The Kier molecular flexibility index (Phi) is 7.66. The summed E-state index contributed by atoms with van der Waals surface area (Å²) in [6, 6.07) is 10.7. The van der Waals surface area contributed by atoms with E-state index in [2.05, 4.69) is 10.3 Å². The number of rotatable bonds is 7. The molecule has 2 heterocycles. The Bertz CT molecular complexity index is 1350. The zero-order valence-electron chi connectivity index (χ0n) is 19.1. The van der Waals surface area contributed by atoms with Crippen molar-refractivity contribution >= 4 is 40.0 Å². The minimum absolute atomic E-state index is 0.0455. The molecule has 186 valence electrons. The molecule has 0 bridgehead atoms. The fraction of sp³-hybridized carbons (Fsp3) is 0.280. The number of thioether (sulfide) groups is 1. The van der Waals surface area contributed by atoms with Gasteiger partial charge in [0.2, 0.25) is 5.91 Å². The van der Waals surface area contributed by atoms with Crippen molar-refractivity contribution in [3.8, 4) is 17.3 Å². The Morgan fingerprint density at radius 1 is 1.25 bits per heavy atom. The number of alkyl halides is 3. The van der Waals surface area contributed by atoms with E-state index in [0.717, 1.165) is 41.1 Å².